The van der Waals surface area contributed by atoms with Crippen LogP contribution in [0.3, 0.4) is 0 Å². The van der Waals surface area contributed by atoms with Gasteiger partial charge in [0.1, 0.15) is 12.0 Å². The van der Waals surface area contributed by atoms with Crippen molar-refractivity contribution in [1.29, 1.82) is 0 Å². The van der Waals surface area contributed by atoms with E-state index in [4.69, 9.17) is 0 Å². The molecule has 28 heavy (non-hydrogen) atoms. The highest BCUT2D eigenvalue weighted by Crippen LogP contribution is 2.28. The minimum atomic E-state index is -0.199. The van der Waals surface area contributed by atoms with Gasteiger partial charge in [-0.25, -0.2) is 9.97 Å². The molecule has 0 unspecified atom stereocenters. The summed E-state index contributed by atoms with van der Waals surface area (Å²) in [6.45, 7) is -0.0299. The van der Waals surface area contributed by atoms with E-state index in [-0.39, 0.29) is 18.6 Å². The molecule has 146 valence electrons. The van der Waals surface area contributed by atoms with E-state index in [0.29, 0.717) is 11.5 Å². The minimum absolute atomic E-state index is 0.0299. The number of amides is 1. The van der Waals surface area contributed by atoms with E-state index >= 15 is 0 Å². The van der Waals surface area contributed by atoms with Crippen molar-refractivity contribution in [2.24, 2.45) is 5.92 Å². The highest BCUT2D eigenvalue weighted by Gasteiger charge is 2.21. The van der Waals surface area contributed by atoms with Crippen LogP contribution in [-0.2, 0) is 0 Å². The fourth-order valence-corrected chi connectivity index (χ4v) is 4.18. The van der Waals surface area contributed by atoms with Crippen molar-refractivity contribution in [3.05, 3.63) is 48.4 Å². The number of H-pyrrole nitrogens is 1. The van der Waals surface area contributed by atoms with Gasteiger partial charge in [-0.05, 0) is 30.5 Å². The van der Waals surface area contributed by atoms with Crippen LogP contribution >= 0.6 is 0 Å². The molecule has 1 saturated carbocycles. The smallest absolute Gasteiger partial charge is 0.251 e. The highest BCUT2D eigenvalue weighted by molar-refractivity contribution is 5.97. The Morgan fingerprint density at radius 1 is 1.21 bits per heavy atom. The topological polar surface area (TPSA) is 90.9 Å². The van der Waals surface area contributed by atoms with Gasteiger partial charge in [0.2, 0.25) is 0 Å². The maximum absolute atomic E-state index is 12.8. The highest BCUT2D eigenvalue weighted by atomic mass is 16.3. The third-order valence-corrected chi connectivity index (χ3v) is 5.65. The molecule has 1 atom stereocenters. The summed E-state index contributed by atoms with van der Waals surface area (Å²) in [7, 11) is 0. The SMILES string of the molecule is O=C(N[C@H](CO)CC1CCCCC1)c1cccc(-c2ncnc3[nH]ccc23)c1. The maximum atomic E-state index is 12.8. The zero-order valence-corrected chi connectivity index (χ0v) is 15.9. The van der Waals surface area contributed by atoms with Gasteiger partial charge in [-0.2, -0.15) is 0 Å². The molecule has 0 radical (unpaired) electrons. The Morgan fingerprint density at radius 2 is 2.07 bits per heavy atom. The Hall–Kier alpha value is -2.73. The van der Waals surface area contributed by atoms with Crippen LogP contribution in [0.25, 0.3) is 22.3 Å². The molecule has 0 spiro atoms. The fraction of sp³-hybridized carbons (Fsp3) is 0.409. The number of benzene rings is 1. The molecule has 3 aromatic rings. The van der Waals surface area contributed by atoms with Crippen molar-refractivity contribution in [1.82, 2.24) is 20.3 Å². The lowest BCUT2D eigenvalue weighted by atomic mass is 9.85. The number of aliphatic hydroxyl groups is 1. The van der Waals surface area contributed by atoms with Gasteiger partial charge in [-0.15, -0.1) is 0 Å². The molecule has 3 N–H and O–H groups in total. The van der Waals surface area contributed by atoms with E-state index in [0.717, 1.165) is 28.7 Å². The van der Waals surface area contributed by atoms with Crippen molar-refractivity contribution in [2.45, 2.75) is 44.6 Å². The number of carbonyl (C=O) groups is 1. The Bertz CT molecular complexity index is 946. The number of nitrogens with zero attached hydrogens (tertiary/aromatic N) is 2. The van der Waals surface area contributed by atoms with Crippen LogP contribution in [0.1, 0.15) is 48.9 Å². The molecule has 0 saturated heterocycles. The summed E-state index contributed by atoms with van der Waals surface area (Å²) in [5.74, 6) is 0.441. The largest absolute Gasteiger partial charge is 0.394 e. The predicted octanol–water partition coefficient (Wildman–Crippen LogP) is 3.69. The number of nitrogens with one attached hydrogen (secondary N) is 2. The minimum Gasteiger partial charge on any atom is -0.394 e. The number of hydrogen-bond acceptors (Lipinski definition) is 4. The molecule has 6 heteroatoms. The van der Waals surface area contributed by atoms with Gasteiger partial charge in [0.25, 0.3) is 5.91 Å². The molecule has 1 amide bonds. The van der Waals surface area contributed by atoms with Gasteiger partial charge >= 0.3 is 0 Å². The average molecular weight is 378 g/mol. The summed E-state index contributed by atoms with van der Waals surface area (Å²) in [5.41, 5.74) is 3.00. The van der Waals surface area contributed by atoms with E-state index in [9.17, 15) is 9.90 Å². The number of aromatic nitrogens is 3. The molecule has 1 aliphatic carbocycles. The Kier molecular flexibility index (Phi) is 5.67. The van der Waals surface area contributed by atoms with Crippen molar-refractivity contribution >= 4 is 16.9 Å². The number of hydrogen-bond donors (Lipinski definition) is 3. The van der Waals surface area contributed by atoms with Gasteiger partial charge in [0.15, 0.2) is 0 Å². The average Bonchev–Trinajstić information content (AvgIpc) is 3.23. The lowest BCUT2D eigenvalue weighted by Gasteiger charge is -2.26. The Labute approximate surface area is 164 Å². The van der Waals surface area contributed by atoms with Gasteiger partial charge in [-0.1, -0.05) is 44.2 Å². The normalized spacial score (nSPS) is 16.2. The van der Waals surface area contributed by atoms with Gasteiger partial charge < -0.3 is 15.4 Å². The lowest BCUT2D eigenvalue weighted by molar-refractivity contribution is 0.0902. The van der Waals surface area contributed by atoms with Crippen LogP contribution in [0.15, 0.2) is 42.9 Å². The summed E-state index contributed by atoms with van der Waals surface area (Å²) in [5, 5.41) is 13.7. The Morgan fingerprint density at radius 3 is 2.89 bits per heavy atom. The lowest BCUT2D eigenvalue weighted by Crippen LogP contribution is -2.39. The molecule has 6 nitrogen and oxygen atoms in total. The quantitative estimate of drug-likeness (QED) is 0.610. The molecule has 4 rings (SSSR count). The number of fused-ring (bicyclic) bond motifs is 1. The van der Waals surface area contributed by atoms with E-state index in [1.54, 1.807) is 6.07 Å². The van der Waals surface area contributed by atoms with E-state index in [2.05, 4.69) is 20.3 Å². The standard InChI is InChI=1S/C22H26N4O2/c27-13-18(11-15-5-2-1-3-6-15)26-22(28)17-8-4-7-16(12-17)20-19-9-10-23-21(19)25-14-24-20/h4,7-10,12,14-15,18,27H,1-3,5-6,11,13H2,(H,26,28)(H,23,24,25)/t18-/m0/s1. The van der Waals surface area contributed by atoms with Gasteiger partial charge in [-0.3, -0.25) is 4.79 Å². The van der Waals surface area contributed by atoms with E-state index in [1.807, 2.05) is 30.5 Å². The number of carbonyl (C=O) groups excluding carboxylic acids is 1. The van der Waals surface area contributed by atoms with E-state index in [1.165, 1.54) is 38.4 Å². The fourth-order valence-electron chi connectivity index (χ4n) is 4.18. The third-order valence-electron chi connectivity index (χ3n) is 5.65. The van der Waals surface area contributed by atoms with Crippen LogP contribution < -0.4 is 5.32 Å². The molecular formula is C22H26N4O2. The number of aliphatic hydroxyl groups excluding tert-OH is 1. The van der Waals surface area contributed by atoms with E-state index < -0.39 is 0 Å². The second-order valence-electron chi connectivity index (χ2n) is 7.64. The first-order valence-electron chi connectivity index (χ1n) is 10.0. The van der Waals surface area contributed by atoms with Crippen LogP contribution in [0.4, 0.5) is 0 Å². The summed E-state index contributed by atoms with van der Waals surface area (Å²) in [6, 6.07) is 9.18. The summed E-state index contributed by atoms with van der Waals surface area (Å²) >= 11 is 0. The first-order chi connectivity index (χ1) is 13.7. The molecule has 2 aromatic heterocycles. The first kappa shape index (κ1) is 18.6. The number of aromatic amines is 1. The second-order valence-corrected chi connectivity index (χ2v) is 7.64. The number of rotatable bonds is 6. The third kappa shape index (κ3) is 4.07. The molecule has 2 heterocycles. The zero-order valence-electron chi connectivity index (χ0n) is 15.9. The van der Waals surface area contributed by atoms with Crippen molar-refractivity contribution in [3.63, 3.8) is 0 Å². The molecule has 0 aliphatic heterocycles. The maximum Gasteiger partial charge on any atom is 0.251 e. The zero-order chi connectivity index (χ0) is 19.3. The molecular weight excluding hydrogens is 352 g/mol. The van der Waals surface area contributed by atoms with Crippen LogP contribution in [0.2, 0.25) is 0 Å². The first-order valence-corrected chi connectivity index (χ1v) is 10.0. The van der Waals surface area contributed by atoms with Crippen molar-refractivity contribution < 1.29 is 9.90 Å². The molecule has 0 bridgehead atoms. The molecule has 1 aliphatic rings. The van der Waals surface area contributed by atoms with Crippen LogP contribution in [-0.4, -0.2) is 38.6 Å². The predicted molar refractivity (Wildman–Crippen MR) is 109 cm³/mol. The van der Waals surface area contributed by atoms with Crippen molar-refractivity contribution in [3.8, 4) is 11.3 Å². The second kappa shape index (κ2) is 8.52. The monoisotopic (exact) mass is 378 g/mol. The van der Waals surface area contributed by atoms with Crippen molar-refractivity contribution in [2.75, 3.05) is 6.61 Å². The summed E-state index contributed by atoms with van der Waals surface area (Å²) in [4.78, 5) is 24.5. The molecule has 1 aromatic carbocycles. The molecule has 1 fully saturated rings. The van der Waals surface area contributed by atoms with Crippen LogP contribution in [0, 0.1) is 5.92 Å². The summed E-state index contributed by atoms with van der Waals surface area (Å²) < 4.78 is 0. The van der Waals surface area contributed by atoms with Crippen LogP contribution in [0.5, 0.6) is 0 Å². The van der Waals surface area contributed by atoms with Gasteiger partial charge in [0, 0.05) is 22.7 Å². The Balaban J connectivity index is 1.50. The van der Waals surface area contributed by atoms with Gasteiger partial charge in [0.05, 0.1) is 18.3 Å². The summed E-state index contributed by atoms with van der Waals surface area (Å²) in [6.07, 6.45) is 10.4.